The average molecular weight is 297 g/mol. The van der Waals surface area contributed by atoms with Crippen molar-refractivity contribution in [2.24, 2.45) is 0 Å². The molecule has 4 rings (SSSR count). The highest BCUT2D eigenvalue weighted by molar-refractivity contribution is 7.11. The third kappa shape index (κ3) is 2.74. The Morgan fingerprint density at radius 2 is 2.24 bits per heavy atom. The molecule has 1 aliphatic carbocycles. The third-order valence-electron chi connectivity index (χ3n) is 4.06. The van der Waals surface area contributed by atoms with Crippen molar-refractivity contribution in [2.75, 3.05) is 0 Å². The first-order valence-electron chi connectivity index (χ1n) is 7.51. The zero-order valence-corrected chi connectivity index (χ0v) is 13.0. The summed E-state index contributed by atoms with van der Waals surface area (Å²) in [6, 6.07) is 9.61. The number of rotatable bonds is 5. The topological polar surface area (TPSA) is 29.9 Å². The van der Waals surface area contributed by atoms with Crippen LogP contribution in [-0.4, -0.2) is 15.6 Å². The number of hydrogen-bond acceptors (Lipinski definition) is 3. The lowest BCUT2D eigenvalue weighted by atomic mass is 10.1. The number of fused-ring (bicyclic) bond motifs is 1. The Labute approximate surface area is 128 Å². The average Bonchev–Trinajstić information content (AvgIpc) is 3.10. The SMILES string of the molecule is Cc1ncc(Cn2ccc3c(CNC4CC4)cccc32)s1. The van der Waals surface area contributed by atoms with E-state index in [1.807, 2.05) is 6.20 Å². The number of benzene rings is 1. The van der Waals surface area contributed by atoms with E-state index >= 15 is 0 Å². The molecule has 2 aromatic heterocycles. The molecule has 1 fully saturated rings. The number of thiazole rings is 1. The summed E-state index contributed by atoms with van der Waals surface area (Å²) in [5.41, 5.74) is 2.72. The van der Waals surface area contributed by atoms with Crippen molar-refractivity contribution in [3.8, 4) is 0 Å². The second-order valence-corrected chi connectivity index (χ2v) is 7.11. The zero-order valence-electron chi connectivity index (χ0n) is 12.2. The summed E-state index contributed by atoms with van der Waals surface area (Å²) in [4.78, 5) is 5.66. The Balaban J connectivity index is 1.62. The zero-order chi connectivity index (χ0) is 14.2. The Bertz CT molecular complexity index is 767. The molecular formula is C17H19N3S. The predicted octanol–water partition coefficient (Wildman–Crippen LogP) is 3.71. The van der Waals surface area contributed by atoms with Gasteiger partial charge in [0.15, 0.2) is 0 Å². The summed E-state index contributed by atoms with van der Waals surface area (Å²) in [5, 5.41) is 6.11. The molecule has 0 unspecified atom stereocenters. The minimum atomic E-state index is 0.752. The molecule has 0 amide bonds. The number of aromatic nitrogens is 2. The second kappa shape index (κ2) is 5.28. The van der Waals surface area contributed by atoms with Crippen LogP contribution in [0.5, 0.6) is 0 Å². The maximum atomic E-state index is 4.35. The molecule has 0 bridgehead atoms. The molecule has 4 heteroatoms. The Hall–Kier alpha value is -1.65. The molecule has 3 nitrogen and oxygen atoms in total. The van der Waals surface area contributed by atoms with Crippen LogP contribution in [0.1, 0.15) is 28.3 Å². The summed E-state index contributed by atoms with van der Waals surface area (Å²) in [6.07, 6.45) is 6.86. The summed E-state index contributed by atoms with van der Waals surface area (Å²) >= 11 is 1.78. The highest BCUT2D eigenvalue weighted by Gasteiger charge is 2.20. The Morgan fingerprint density at radius 1 is 1.33 bits per heavy atom. The van der Waals surface area contributed by atoms with E-state index in [0.29, 0.717) is 0 Å². The van der Waals surface area contributed by atoms with Crippen LogP contribution in [-0.2, 0) is 13.1 Å². The first kappa shape index (κ1) is 13.0. The van der Waals surface area contributed by atoms with E-state index in [-0.39, 0.29) is 0 Å². The summed E-state index contributed by atoms with van der Waals surface area (Å²) in [6.45, 7) is 3.95. The van der Waals surface area contributed by atoms with Gasteiger partial charge in [-0.2, -0.15) is 0 Å². The molecule has 2 heterocycles. The monoisotopic (exact) mass is 297 g/mol. The lowest BCUT2D eigenvalue weighted by molar-refractivity contribution is 0.691. The first-order valence-corrected chi connectivity index (χ1v) is 8.33. The van der Waals surface area contributed by atoms with E-state index < -0.39 is 0 Å². The van der Waals surface area contributed by atoms with Crippen molar-refractivity contribution in [2.45, 2.75) is 38.9 Å². The number of nitrogens with zero attached hydrogens (tertiary/aromatic N) is 2. The van der Waals surface area contributed by atoms with Crippen LogP contribution in [0.15, 0.2) is 36.7 Å². The highest BCUT2D eigenvalue weighted by atomic mass is 32.1. The van der Waals surface area contributed by atoms with Gasteiger partial charge in [0.05, 0.1) is 11.6 Å². The lowest BCUT2D eigenvalue weighted by Gasteiger charge is -2.07. The van der Waals surface area contributed by atoms with Gasteiger partial charge < -0.3 is 9.88 Å². The van der Waals surface area contributed by atoms with Crippen LogP contribution < -0.4 is 5.32 Å². The highest BCUT2D eigenvalue weighted by Crippen LogP contribution is 2.24. The van der Waals surface area contributed by atoms with E-state index in [9.17, 15) is 0 Å². The molecule has 1 aromatic carbocycles. The minimum absolute atomic E-state index is 0.752. The van der Waals surface area contributed by atoms with Crippen molar-refractivity contribution in [1.29, 1.82) is 0 Å². The molecule has 0 saturated heterocycles. The number of hydrogen-bond donors (Lipinski definition) is 1. The molecule has 1 saturated carbocycles. The lowest BCUT2D eigenvalue weighted by Crippen LogP contribution is -2.15. The van der Waals surface area contributed by atoms with E-state index in [1.54, 1.807) is 11.3 Å². The van der Waals surface area contributed by atoms with Gasteiger partial charge in [-0.15, -0.1) is 11.3 Å². The minimum Gasteiger partial charge on any atom is -0.342 e. The number of aryl methyl sites for hydroxylation is 1. The van der Waals surface area contributed by atoms with Gasteiger partial charge in [-0.05, 0) is 37.5 Å². The molecule has 3 aromatic rings. The molecule has 21 heavy (non-hydrogen) atoms. The standard InChI is InChI=1S/C17H19N3S/c1-12-18-10-15(21-12)11-20-8-7-16-13(3-2-4-17(16)20)9-19-14-5-6-14/h2-4,7-8,10,14,19H,5-6,9,11H2,1H3. The van der Waals surface area contributed by atoms with Gasteiger partial charge in [0, 0.05) is 40.8 Å². The van der Waals surface area contributed by atoms with Crippen LogP contribution in [0.2, 0.25) is 0 Å². The van der Waals surface area contributed by atoms with Crippen LogP contribution in [0.3, 0.4) is 0 Å². The normalized spacial score (nSPS) is 14.9. The van der Waals surface area contributed by atoms with Crippen molar-refractivity contribution in [1.82, 2.24) is 14.9 Å². The third-order valence-corrected chi connectivity index (χ3v) is 4.96. The van der Waals surface area contributed by atoms with Gasteiger partial charge in [0.25, 0.3) is 0 Å². The first-order chi connectivity index (χ1) is 10.3. The molecule has 0 spiro atoms. The van der Waals surface area contributed by atoms with Crippen LogP contribution >= 0.6 is 11.3 Å². The van der Waals surface area contributed by atoms with Crippen LogP contribution in [0, 0.1) is 6.92 Å². The van der Waals surface area contributed by atoms with Crippen molar-refractivity contribution >= 4 is 22.2 Å². The van der Waals surface area contributed by atoms with E-state index in [1.165, 1.54) is 34.2 Å². The maximum Gasteiger partial charge on any atom is 0.0897 e. The molecule has 0 radical (unpaired) electrons. The summed E-state index contributed by atoms with van der Waals surface area (Å²) < 4.78 is 2.32. The largest absolute Gasteiger partial charge is 0.342 e. The maximum absolute atomic E-state index is 4.35. The fourth-order valence-corrected chi connectivity index (χ4v) is 3.56. The smallest absolute Gasteiger partial charge is 0.0897 e. The molecule has 0 atom stereocenters. The molecule has 1 aliphatic rings. The van der Waals surface area contributed by atoms with Crippen LogP contribution in [0.4, 0.5) is 0 Å². The molecular weight excluding hydrogens is 278 g/mol. The predicted molar refractivity (Wildman–Crippen MR) is 87.8 cm³/mol. The van der Waals surface area contributed by atoms with Crippen LogP contribution in [0.25, 0.3) is 10.9 Å². The second-order valence-electron chi connectivity index (χ2n) is 5.79. The van der Waals surface area contributed by atoms with Gasteiger partial charge >= 0.3 is 0 Å². The molecule has 108 valence electrons. The van der Waals surface area contributed by atoms with Crippen molar-refractivity contribution in [3.63, 3.8) is 0 Å². The van der Waals surface area contributed by atoms with Gasteiger partial charge in [0.1, 0.15) is 0 Å². The quantitative estimate of drug-likeness (QED) is 0.778. The fraction of sp³-hybridized carbons (Fsp3) is 0.353. The van der Waals surface area contributed by atoms with E-state index in [0.717, 1.165) is 24.1 Å². The fourth-order valence-electron chi connectivity index (χ4n) is 2.77. The Kier molecular flexibility index (Phi) is 3.28. The van der Waals surface area contributed by atoms with Gasteiger partial charge in [-0.25, -0.2) is 4.98 Å². The molecule has 0 aliphatic heterocycles. The van der Waals surface area contributed by atoms with Gasteiger partial charge in [-0.1, -0.05) is 12.1 Å². The van der Waals surface area contributed by atoms with Crippen molar-refractivity contribution < 1.29 is 0 Å². The Morgan fingerprint density at radius 3 is 3.00 bits per heavy atom. The number of nitrogens with one attached hydrogen (secondary N) is 1. The van der Waals surface area contributed by atoms with Gasteiger partial charge in [-0.3, -0.25) is 0 Å². The van der Waals surface area contributed by atoms with Crippen molar-refractivity contribution in [3.05, 3.63) is 52.1 Å². The molecule has 1 N–H and O–H groups in total. The van der Waals surface area contributed by atoms with E-state index in [2.05, 4.69) is 52.3 Å². The summed E-state index contributed by atoms with van der Waals surface area (Å²) in [7, 11) is 0. The van der Waals surface area contributed by atoms with E-state index in [4.69, 9.17) is 0 Å². The summed E-state index contributed by atoms with van der Waals surface area (Å²) in [5.74, 6) is 0. The van der Waals surface area contributed by atoms with Gasteiger partial charge in [0.2, 0.25) is 0 Å².